The Morgan fingerprint density at radius 3 is 1.42 bits per heavy atom. The molecule has 1 rings (SSSR count). The molecule has 1 aliphatic rings. The highest BCUT2D eigenvalue weighted by Crippen LogP contribution is 2.26. The smallest absolute Gasteiger partial charge is 0.306 e. The van der Waals surface area contributed by atoms with E-state index in [1.165, 1.54) is 103 Å². The summed E-state index contributed by atoms with van der Waals surface area (Å²) in [5.74, 6) is -1.27. The molecule has 1 saturated heterocycles. The van der Waals surface area contributed by atoms with E-state index in [1.807, 2.05) is 18.2 Å². The number of carbonyl (C=O) groups is 2. The van der Waals surface area contributed by atoms with Gasteiger partial charge >= 0.3 is 5.97 Å². The van der Waals surface area contributed by atoms with Gasteiger partial charge in [0.25, 0.3) is 0 Å². The maximum Gasteiger partial charge on any atom is 0.306 e. The summed E-state index contributed by atoms with van der Waals surface area (Å²) < 4.78 is 17.6. The number of allylic oxidation sites excluding steroid dienone is 13. The molecule has 74 heavy (non-hydrogen) atoms. The summed E-state index contributed by atoms with van der Waals surface area (Å²) in [6, 6.07) is -1.06. The average molecular weight is 1040 g/mol. The fourth-order valence-electron chi connectivity index (χ4n) is 8.73. The van der Waals surface area contributed by atoms with Crippen LogP contribution in [0.25, 0.3) is 0 Å². The van der Waals surface area contributed by atoms with Gasteiger partial charge in [0.2, 0.25) is 5.91 Å². The van der Waals surface area contributed by atoms with Gasteiger partial charge in [-0.05, 0) is 96.3 Å². The molecular weight excluding hydrogens is 931 g/mol. The van der Waals surface area contributed by atoms with Gasteiger partial charge in [-0.1, -0.05) is 221 Å². The van der Waals surface area contributed by atoms with Crippen LogP contribution in [0, 0.1) is 0 Å². The number of aliphatic hydroxyl groups is 5. The zero-order valence-corrected chi connectivity index (χ0v) is 46.9. The van der Waals surface area contributed by atoms with Crippen LogP contribution in [0.1, 0.15) is 239 Å². The van der Waals surface area contributed by atoms with E-state index in [-0.39, 0.29) is 19.4 Å². The molecule has 0 spiro atoms. The molecule has 11 nitrogen and oxygen atoms in total. The van der Waals surface area contributed by atoms with Crippen LogP contribution in [-0.2, 0) is 23.8 Å². The van der Waals surface area contributed by atoms with E-state index in [0.717, 1.165) is 89.9 Å². The first-order valence-corrected chi connectivity index (χ1v) is 29.9. The first kappa shape index (κ1) is 68.9. The lowest BCUT2D eigenvalue weighted by atomic mass is 9.99. The largest absolute Gasteiger partial charge is 0.454 e. The first-order valence-electron chi connectivity index (χ1n) is 29.9. The van der Waals surface area contributed by atoms with E-state index in [1.54, 1.807) is 6.08 Å². The lowest BCUT2D eigenvalue weighted by molar-refractivity contribution is -0.305. The predicted molar refractivity (Wildman–Crippen MR) is 306 cm³/mol. The van der Waals surface area contributed by atoms with Crippen molar-refractivity contribution >= 4 is 11.9 Å². The van der Waals surface area contributed by atoms with E-state index in [2.05, 4.69) is 86.8 Å². The first-order chi connectivity index (χ1) is 36.2. The van der Waals surface area contributed by atoms with Gasteiger partial charge in [0.05, 0.1) is 25.4 Å². The molecule has 8 unspecified atom stereocenters. The molecule has 0 bridgehead atoms. The van der Waals surface area contributed by atoms with Gasteiger partial charge in [-0.15, -0.1) is 0 Å². The van der Waals surface area contributed by atoms with Crippen LogP contribution in [-0.4, -0.2) is 99.6 Å². The fourth-order valence-corrected chi connectivity index (χ4v) is 8.73. The Morgan fingerprint density at radius 1 is 0.527 bits per heavy atom. The number of nitrogens with one attached hydrogen (secondary N) is 1. The van der Waals surface area contributed by atoms with E-state index < -0.39 is 67.4 Å². The number of ether oxygens (including phenoxy) is 3. The van der Waals surface area contributed by atoms with Crippen molar-refractivity contribution in [3.8, 4) is 0 Å². The minimum Gasteiger partial charge on any atom is -0.454 e. The van der Waals surface area contributed by atoms with Crippen molar-refractivity contribution in [2.75, 3.05) is 13.2 Å². The summed E-state index contributed by atoms with van der Waals surface area (Å²) >= 11 is 0. The van der Waals surface area contributed by atoms with Crippen molar-refractivity contribution in [1.29, 1.82) is 0 Å². The van der Waals surface area contributed by atoms with Gasteiger partial charge in [-0.2, -0.15) is 0 Å². The van der Waals surface area contributed by atoms with Crippen LogP contribution < -0.4 is 5.32 Å². The Hall–Kier alpha value is -3.16. The standard InChI is InChI=1S/C63H109NO10/c1-4-7-10-13-16-19-22-25-27-29-31-33-36-39-42-45-48-51-58(68)74-61-60(70)59(69)57(52-65)73-63(61)72-53-54(55(66)49-46-43-40-37-34-24-21-18-15-12-9-6-3)64-62(71)56(67)50-47-44-41-38-35-32-30-28-26-23-20-17-14-11-8-5-2/h16-17,19-20,25-28,32,35,41,44,46,49,54-57,59-61,63,65-67,69-70H,4-15,18,21-24,29-31,33-34,36-40,42-43,45,47-48,50-53H2,1-3H3,(H,64,71)/b19-16-,20-17-,27-25-,28-26-,35-32-,44-41-,49-46+. The van der Waals surface area contributed by atoms with Gasteiger partial charge in [0.1, 0.15) is 24.4 Å². The number of hydrogen-bond donors (Lipinski definition) is 6. The molecule has 1 fully saturated rings. The maximum atomic E-state index is 13.4. The normalized spacial score (nSPS) is 19.9. The molecule has 11 heteroatoms. The fraction of sp³-hybridized carbons (Fsp3) is 0.746. The molecule has 8 atom stereocenters. The number of esters is 1. The van der Waals surface area contributed by atoms with E-state index in [4.69, 9.17) is 14.2 Å². The van der Waals surface area contributed by atoms with Gasteiger partial charge in [0.15, 0.2) is 12.4 Å². The molecular formula is C63H109NO10. The monoisotopic (exact) mass is 1040 g/mol. The van der Waals surface area contributed by atoms with Gasteiger partial charge in [0, 0.05) is 6.42 Å². The summed E-state index contributed by atoms with van der Waals surface area (Å²) in [7, 11) is 0. The molecule has 0 saturated carbocycles. The zero-order chi connectivity index (χ0) is 54.0. The number of unbranched alkanes of at least 4 members (excludes halogenated alkanes) is 23. The van der Waals surface area contributed by atoms with Crippen LogP contribution in [0.15, 0.2) is 85.1 Å². The molecule has 426 valence electrons. The Bertz CT molecular complexity index is 1520. The summed E-state index contributed by atoms with van der Waals surface area (Å²) in [5, 5.41) is 56.8. The SMILES string of the molecule is CCCCC/C=C\C/C=C\C/C=C\C/C=C\CCC(O)C(=O)NC(COC1OC(CO)C(O)C(O)C1OC(=O)CCCCCCCCC/C=C\C/C=C\CCCCC)C(O)/C=C/CCCCCCCCCCCC. The molecule has 0 aliphatic carbocycles. The van der Waals surface area contributed by atoms with Crippen LogP contribution >= 0.6 is 0 Å². The summed E-state index contributed by atoms with van der Waals surface area (Å²) in [5.41, 5.74) is 0. The molecule has 0 aromatic rings. The summed E-state index contributed by atoms with van der Waals surface area (Å²) in [6.45, 7) is 5.68. The van der Waals surface area contributed by atoms with Crippen LogP contribution in [0.4, 0.5) is 0 Å². The van der Waals surface area contributed by atoms with E-state index in [9.17, 15) is 35.1 Å². The third kappa shape index (κ3) is 38.4. The Morgan fingerprint density at radius 2 is 0.932 bits per heavy atom. The number of hydrogen-bond acceptors (Lipinski definition) is 10. The molecule has 0 radical (unpaired) electrons. The highest BCUT2D eigenvalue weighted by molar-refractivity contribution is 5.80. The summed E-state index contributed by atoms with van der Waals surface area (Å²) in [6.07, 6.45) is 54.8. The minimum atomic E-state index is -1.63. The Balaban J connectivity index is 2.76. The predicted octanol–water partition coefficient (Wildman–Crippen LogP) is 13.8. The van der Waals surface area contributed by atoms with Crippen molar-refractivity contribution in [1.82, 2.24) is 5.32 Å². The Labute approximate surface area is 451 Å². The van der Waals surface area contributed by atoms with Crippen molar-refractivity contribution in [2.45, 2.75) is 288 Å². The second kappa shape index (κ2) is 50.6. The zero-order valence-electron chi connectivity index (χ0n) is 46.9. The number of amides is 1. The number of carbonyl (C=O) groups excluding carboxylic acids is 2. The highest BCUT2D eigenvalue weighted by Gasteiger charge is 2.47. The minimum absolute atomic E-state index is 0.105. The molecule has 6 N–H and O–H groups in total. The summed E-state index contributed by atoms with van der Waals surface area (Å²) in [4.78, 5) is 26.5. The Kier molecular flexibility index (Phi) is 47.1. The molecule has 0 aromatic carbocycles. The molecule has 0 aromatic heterocycles. The number of rotatable bonds is 49. The maximum absolute atomic E-state index is 13.4. The van der Waals surface area contributed by atoms with Gasteiger partial charge in [-0.25, -0.2) is 0 Å². The molecule has 1 amide bonds. The van der Waals surface area contributed by atoms with Crippen molar-refractivity contribution in [2.24, 2.45) is 0 Å². The third-order valence-corrected chi connectivity index (χ3v) is 13.5. The second-order valence-corrected chi connectivity index (χ2v) is 20.4. The van der Waals surface area contributed by atoms with E-state index in [0.29, 0.717) is 12.8 Å². The average Bonchev–Trinajstić information content (AvgIpc) is 3.40. The van der Waals surface area contributed by atoms with Crippen LogP contribution in [0.5, 0.6) is 0 Å². The van der Waals surface area contributed by atoms with Crippen LogP contribution in [0.2, 0.25) is 0 Å². The molecule has 1 heterocycles. The number of aliphatic hydroxyl groups excluding tert-OH is 5. The van der Waals surface area contributed by atoms with Crippen molar-refractivity contribution in [3.05, 3.63) is 85.1 Å². The topological polar surface area (TPSA) is 175 Å². The van der Waals surface area contributed by atoms with Gasteiger partial charge in [-0.3, -0.25) is 9.59 Å². The lowest BCUT2D eigenvalue weighted by Gasteiger charge is -2.41. The van der Waals surface area contributed by atoms with Gasteiger partial charge < -0.3 is 45.1 Å². The quantitative estimate of drug-likeness (QED) is 0.0195. The second-order valence-electron chi connectivity index (χ2n) is 20.4. The molecule has 1 aliphatic heterocycles. The third-order valence-electron chi connectivity index (χ3n) is 13.5. The van der Waals surface area contributed by atoms with Crippen molar-refractivity contribution in [3.63, 3.8) is 0 Å². The highest BCUT2D eigenvalue weighted by atomic mass is 16.7. The lowest BCUT2D eigenvalue weighted by Crippen LogP contribution is -2.61. The van der Waals surface area contributed by atoms with E-state index >= 15 is 0 Å². The van der Waals surface area contributed by atoms with Crippen molar-refractivity contribution < 1.29 is 49.3 Å². The van der Waals surface area contributed by atoms with Crippen LogP contribution in [0.3, 0.4) is 0 Å².